The monoisotopic (exact) mass is 383 g/mol. The van der Waals surface area contributed by atoms with E-state index in [2.05, 4.69) is 41.7 Å². The third kappa shape index (κ3) is 7.31. The fourth-order valence-corrected chi connectivity index (χ4v) is 4.05. The molecule has 4 nitrogen and oxygen atoms in total. The Morgan fingerprint density at radius 3 is 2.20 bits per heavy atom. The Morgan fingerprint density at radius 2 is 1.56 bits per heavy atom. The van der Waals surface area contributed by atoms with E-state index < -0.39 is 7.60 Å². The topological polar surface area (TPSA) is 47.6 Å². The van der Waals surface area contributed by atoms with Gasteiger partial charge >= 0.3 is 7.60 Å². The lowest BCUT2D eigenvalue weighted by Gasteiger charge is -2.17. The van der Waals surface area contributed by atoms with E-state index in [-0.39, 0.29) is 12.4 Å². The molecule has 0 saturated heterocycles. The molecule has 0 saturated carbocycles. The van der Waals surface area contributed by atoms with Gasteiger partial charge in [0.05, 0.1) is 19.4 Å². The van der Waals surface area contributed by atoms with Crippen LogP contribution in [0.3, 0.4) is 0 Å². The second-order valence-electron chi connectivity index (χ2n) is 5.41. The van der Waals surface area contributed by atoms with Crippen molar-refractivity contribution in [3.05, 3.63) is 60.2 Å². The molecule has 0 aliphatic carbocycles. The minimum absolute atomic E-state index is 0. The van der Waals surface area contributed by atoms with Crippen molar-refractivity contribution in [3.8, 4) is 11.1 Å². The van der Waals surface area contributed by atoms with E-state index in [9.17, 15) is 4.57 Å². The highest BCUT2D eigenvalue weighted by Crippen LogP contribution is 2.47. The molecule has 2 aromatic carbocycles. The van der Waals surface area contributed by atoms with Crippen molar-refractivity contribution < 1.29 is 13.6 Å². The lowest BCUT2D eigenvalue weighted by atomic mass is 10.0. The van der Waals surface area contributed by atoms with Gasteiger partial charge in [-0.15, -0.1) is 12.4 Å². The molecule has 0 atom stereocenters. The van der Waals surface area contributed by atoms with E-state index in [4.69, 9.17) is 9.05 Å². The summed E-state index contributed by atoms with van der Waals surface area (Å²) < 4.78 is 23.0. The molecule has 0 fully saturated rings. The summed E-state index contributed by atoms with van der Waals surface area (Å²) in [5.41, 5.74) is 3.60. The summed E-state index contributed by atoms with van der Waals surface area (Å²) in [5, 5.41) is 3.32. The normalized spacial score (nSPS) is 11.1. The standard InChI is InChI=1S/C19H26NO3P.ClH/c1-3-22-24(21,23-4-2)14-13-20-16-17-9-8-12-19(15-17)18-10-6-5-7-11-18;/h5-12,15,20H,3-4,13-14,16H2,1-2H3;1H. The van der Waals surface area contributed by atoms with Crippen LogP contribution in [0.25, 0.3) is 11.1 Å². The van der Waals surface area contributed by atoms with Gasteiger partial charge in [0.15, 0.2) is 0 Å². The molecule has 138 valence electrons. The lowest BCUT2D eigenvalue weighted by Crippen LogP contribution is -2.19. The van der Waals surface area contributed by atoms with E-state index in [0.717, 1.165) is 6.54 Å². The second kappa shape index (κ2) is 11.5. The number of nitrogens with one attached hydrogen (secondary N) is 1. The number of hydrogen-bond acceptors (Lipinski definition) is 4. The molecule has 2 aromatic rings. The van der Waals surface area contributed by atoms with Crippen LogP contribution < -0.4 is 5.32 Å². The van der Waals surface area contributed by atoms with Crippen molar-refractivity contribution in [1.29, 1.82) is 0 Å². The molecule has 0 aliphatic rings. The van der Waals surface area contributed by atoms with Gasteiger partial charge in [-0.1, -0.05) is 48.5 Å². The fraction of sp³-hybridized carbons (Fsp3) is 0.368. The Bertz CT molecular complexity index is 657. The van der Waals surface area contributed by atoms with Gasteiger partial charge in [-0.3, -0.25) is 4.57 Å². The minimum atomic E-state index is -2.96. The molecule has 0 unspecified atom stereocenters. The highest BCUT2D eigenvalue weighted by Gasteiger charge is 2.22. The summed E-state index contributed by atoms with van der Waals surface area (Å²) in [6, 6.07) is 18.7. The van der Waals surface area contributed by atoms with E-state index in [1.807, 2.05) is 32.0 Å². The maximum atomic E-state index is 12.4. The first kappa shape index (κ1) is 21.9. The van der Waals surface area contributed by atoms with Crippen LogP contribution in [-0.4, -0.2) is 25.9 Å². The predicted octanol–water partition coefficient (Wildman–Crippen LogP) is 5.13. The van der Waals surface area contributed by atoms with Crippen molar-refractivity contribution in [1.82, 2.24) is 5.32 Å². The van der Waals surface area contributed by atoms with Gasteiger partial charge in [-0.05, 0) is 36.6 Å². The minimum Gasteiger partial charge on any atom is -0.312 e. The summed E-state index contributed by atoms with van der Waals surface area (Å²) in [7, 11) is -2.96. The van der Waals surface area contributed by atoms with E-state index in [1.165, 1.54) is 16.7 Å². The maximum Gasteiger partial charge on any atom is 0.331 e. The second-order valence-corrected chi connectivity index (χ2v) is 7.60. The van der Waals surface area contributed by atoms with Gasteiger partial charge in [0.1, 0.15) is 0 Å². The van der Waals surface area contributed by atoms with Crippen LogP contribution >= 0.6 is 20.0 Å². The van der Waals surface area contributed by atoms with Crippen LogP contribution in [0, 0.1) is 0 Å². The first-order valence-electron chi connectivity index (χ1n) is 8.40. The van der Waals surface area contributed by atoms with Crippen molar-refractivity contribution in [2.75, 3.05) is 25.9 Å². The van der Waals surface area contributed by atoms with Gasteiger partial charge in [0.2, 0.25) is 0 Å². The summed E-state index contributed by atoms with van der Waals surface area (Å²) in [4.78, 5) is 0. The van der Waals surface area contributed by atoms with Gasteiger partial charge in [-0.2, -0.15) is 0 Å². The SMILES string of the molecule is CCOP(=O)(CCNCc1cccc(-c2ccccc2)c1)OCC.Cl. The van der Waals surface area contributed by atoms with Gasteiger partial charge in [0.25, 0.3) is 0 Å². The third-order valence-electron chi connectivity index (χ3n) is 3.58. The average Bonchev–Trinajstić information content (AvgIpc) is 2.60. The Morgan fingerprint density at radius 1 is 0.920 bits per heavy atom. The van der Waals surface area contributed by atoms with Crippen molar-refractivity contribution in [3.63, 3.8) is 0 Å². The molecule has 1 N–H and O–H groups in total. The van der Waals surface area contributed by atoms with E-state index in [1.54, 1.807) is 0 Å². The Hall–Kier alpha value is -1.16. The molecule has 6 heteroatoms. The van der Waals surface area contributed by atoms with E-state index in [0.29, 0.717) is 25.9 Å². The number of halogens is 1. The molecule has 0 spiro atoms. The third-order valence-corrected chi connectivity index (χ3v) is 5.65. The van der Waals surface area contributed by atoms with Crippen LogP contribution in [0.5, 0.6) is 0 Å². The molecule has 0 amide bonds. The molecule has 0 heterocycles. The molecule has 2 rings (SSSR count). The average molecular weight is 384 g/mol. The zero-order valence-corrected chi connectivity index (χ0v) is 16.5. The van der Waals surface area contributed by atoms with Gasteiger partial charge in [0, 0.05) is 13.1 Å². The van der Waals surface area contributed by atoms with Crippen LogP contribution in [0.4, 0.5) is 0 Å². The first-order valence-corrected chi connectivity index (χ1v) is 10.1. The highest BCUT2D eigenvalue weighted by atomic mass is 35.5. The zero-order chi connectivity index (χ0) is 17.3. The number of benzene rings is 2. The maximum absolute atomic E-state index is 12.4. The molecule has 0 aliphatic heterocycles. The Balaban J connectivity index is 0.00000312. The molecule has 0 aromatic heterocycles. The summed E-state index contributed by atoms with van der Waals surface area (Å²) >= 11 is 0. The lowest BCUT2D eigenvalue weighted by molar-refractivity contribution is 0.220. The van der Waals surface area contributed by atoms with Gasteiger partial charge in [-0.25, -0.2) is 0 Å². The fourth-order valence-electron chi connectivity index (χ4n) is 2.50. The summed E-state index contributed by atoms with van der Waals surface area (Å²) in [5.74, 6) is 0. The van der Waals surface area contributed by atoms with Crippen molar-refractivity contribution >= 4 is 20.0 Å². The van der Waals surface area contributed by atoms with Gasteiger partial charge < -0.3 is 14.4 Å². The molecule has 0 radical (unpaired) electrons. The van der Waals surface area contributed by atoms with Crippen LogP contribution in [0.1, 0.15) is 19.4 Å². The largest absolute Gasteiger partial charge is 0.331 e. The Kier molecular flexibility index (Phi) is 10.0. The smallest absolute Gasteiger partial charge is 0.312 e. The molecule has 0 bridgehead atoms. The quantitative estimate of drug-likeness (QED) is 0.456. The first-order chi connectivity index (χ1) is 11.7. The summed E-state index contributed by atoms with van der Waals surface area (Å²) in [6.45, 7) is 5.76. The Labute approximate surface area is 156 Å². The molecular formula is C19H27ClNO3P. The van der Waals surface area contributed by atoms with Crippen LogP contribution in [0.15, 0.2) is 54.6 Å². The van der Waals surface area contributed by atoms with E-state index >= 15 is 0 Å². The number of hydrogen-bond donors (Lipinski definition) is 1. The van der Waals surface area contributed by atoms with Crippen molar-refractivity contribution in [2.45, 2.75) is 20.4 Å². The van der Waals surface area contributed by atoms with Crippen molar-refractivity contribution in [2.24, 2.45) is 0 Å². The number of rotatable bonds is 10. The highest BCUT2D eigenvalue weighted by molar-refractivity contribution is 7.53. The predicted molar refractivity (Wildman–Crippen MR) is 107 cm³/mol. The summed E-state index contributed by atoms with van der Waals surface area (Å²) in [6.07, 6.45) is 0.382. The molecular weight excluding hydrogens is 357 g/mol. The zero-order valence-electron chi connectivity index (χ0n) is 14.8. The molecule has 25 heavy (non-hydrogen) atoms. The van der Waals surface area contributed by atoms with Crippen LogP contribution in [0.2, 0.25) is 0 Å². The van der Waals surface area contributed by atoms with Crippen LogP contribution in [-0.2, 0) is 20.2 Å².